The molecule has 0 fully saturated rings. The molecule has 0 aliphatic carbocycles. The molecular formula is C12H26N2OS. The van der Waals surface area contributed by atoms with E-state index in [1.54, 1.807) is 16.7 Å². The summed E-state index contributed by atoms with van der Waals surface area (Å²) in [5.74, 6) is 1.13. The quantitative estimate of drug-likeness (QED) is 0.777. The highest BCUT2D eigenvalue weighted by Gasteiger charge is 2.25. The number of thioether (sulfide) groups is 1. The Morgan fingerprint density at radius 2 is 2.00 bits per heavy atom. The molecule has 0 heterocycles. The molecule has 0 aromatic rings. The Hall–Kier alpha value is -0.220. The van der Waals surface area contributed by atoms with Gasteiger partial charge in [-0.2, -0.15) is 11.8 Å². The molecule has 0 aliphatic heterocycles. The van der Waals surface area contributed by atoms with Gasteiger partial charge in [0.2, 0.25) is 5.91 Å². The van der Waals surface area contributed by atoms with E-state index < -0.39 is 0 Å². The maximum atomic E-state index is 12.1. The Balaban J connectivity index is 4.30. The number of nitrogens with two attached hydrogens (primary N) is 1. The monoisotopic (exact) mass is 246 g/mol. The second-order valence-electron chi connectivity index (χ2n) is 5.45. The van der Waals surface area contributed by atoms with Crippen LogP contribution in [0.3, 0.4) is 0 Å². The molecule has 0 aromatic carbocycles. The lowest BCUT2D eigenvalue weighted by molar-refractivity contribution is -0.134. The minimum atomic E-state index is -0.0353. The summed E-state index contributed by atoms with van der Waals surface area (Å²) in [5.41, 5.74) is 5.85. The van der Waals surface area contributed by atoms with E-state index in [0.717, 1.165) is 18.7 Å². The molecule has 0 spiro atoms. The Morgan fingerprint density at radius 1 is 1.44 bits per heavy atom. The van der Waals surface area contributed by atoms with Crippen LogP contribution in [0.25, 0.3) is 0 Å². The molecular weight excluding hydrogens is 220 g/mol. The molecule has 4 heteroatoms. The largest absolute Gasteiger partial charge is 0.345 e. The molecule has 1 amide bonds. The van der Waals surface area contributed by atoms with E-state index >= 15 is 0 Å². The molecule has 2 N–H and O–H groups in total. The van der Waals surface area contributed by atoms with Crippen LogP contribution in [-0.4, -0.2) is 43.0 Å². The Bertz CT molecular complexity index is 214. The highest BCUT2D eigenvalue weighted by molar-refractivity contribution is 7.98. The van der Waals surface area contributed by atoms with Crippen LogP contribution in [0.5, 0.6) is 0 Å². The van der Waals surface area contributed by atoms with E-state index in [0.29, 0.717) is 6.54 Å². The number of hydrogen-bond donors (Lipinski definition) is 1. The normalized spacial score (nSPS) is 13.6. The van der Waals surface area contributed by atoms with Gasteiger partial charge in [0.25, 0.3) is 0 Å². The van der Waals surface area contributed by atoms with E-state index in [2.05, 4.69) is 20.8 Å². The van der Waals surface area contributed by atoms with Crippen molar-refractivity contribution in [2.75, 3.05) is 32.1 Å². The first-order valence-electron chi connectivity index (χ1n) is 5.76. The standard InChI is InChI=1S/C12H26N2OS/c1-12(2,3)8-10(9-13)11(15)14(4)6-7-16-5/h10H,6-9,13H2,1-5H3. The molecule has 0 radical (unpaired) electrons. The Labute approximate surface area is 104 Å². The molecule has 0 aliphatic rings. The summed E-state index contributed by atoms with van der Waals surface area (Å²) in [7, 11) is 1.86. The van der Waals surface area contributed by atoms with Crippen LogP contribution < -0.4 is 5.73 Å². The summed E-state index contributed by atoms with van der Waals surface area (Å²) in [6.07, 6.45) is 2.90. The number of carbonyl (C=O) groups excluding carboxylic acids is 1. The van der Waals surface area contributed by atoms with Crippen molar-refractivity contribution in [1.82, 2.24) is 4.90 Å². The van der Waals surface area contributed by atoms with E-state index in [1.165, 1.54) is 0 Å². The third-order valence-corrected chi connectivity index (χ3v) is 3.09. The van der Waals surface area contributed by atoms with Gasteiger partial charge in [0.05, 0.1) is 5.92 Å². The van der Waals surface area contributed by atoms with Gasteiger partial charge in [0, 0.05) is 25.9 Å². The minimum Gasteiger partial charge on any atom is -0.345 e. The summed E-state index contributed by atoms with van der Waals surface area (Å²) in [4.78, 5) is 13.9. The smallest absolute Gasteiger partial charge is 0.226 e. The number of hydrogen-bond acceptors (Lipinski definition) is 3. The molecule has 16 heavy (non-hydrogen) atoms. The molecule has 1 unspecified atom stereocenters. The van der Waals surface area contributed by atoms with Gasteiger partial charge >= 0.3 is 0 Å². The second-order valence-corrected chi connectivity index (χ2v) is 6.44. The highest BCUT2D eigenvalue weighted by Crippen LogP contribution is 2.24. The molecule has 0 saturated carbocycles. The van der Waals surface area contributed by atoms with Gasteiger partial charge in [-0.05, 0) is 18.1 Å². The van der Waals surface area contributed by atoms with Crippen molar-refractivity contribution in [3.8, 4) is 0 Å². The lowest BCUT2D eigenvalue weighted by Gasteiger charge is -2.28. The fourth-order valence-corrected chi connectivity index (χ4v) is 2.12. The number of rotatable bonds is 6. The average Bonchev–Trinajstić information content (AvgIpc) is 2.20. The molecule has 1 atom stereocenters. The molecule has 0 bridgehead atoms. The van der Waals surface area contributed by atoms with E-state index in [9.17, 15) is 4.79 Å². The van der Waals surface area contributed by atoms with Crippen LogP contribution in [0.2, 0.25) is 0 Å². The summed E-state index contributed by atoms with van der Waals surface area (Å²) in [5, 5.41) is 0. The van der Waals surface area contributed by atoms with Crippen molar-refractivity contribution in [1.29, 1.82) is 0 Å². The summed E-state index contributed by atoms with van der Waals surface area (Å²) >= 11 is 1.75. The zero-order chi connectivity index (χ0) is 12.8. The van der Waals surface area contributed by atoms with Gasteiger partial charge in [-0.3, -0.25) is 4.79 Å². The van der Waals surface area contributed by atoms with Crippen LogP contribution in [-0.2, 0) is 4.79 Å². The van der Waals surface area contributed by atoms with E-state index in [-0.39, 0.29) is 17.2 Å². The summed E-state index contributed by atoms with van der Waals surface area (Å²) in [6.45, 7) is 7.68. The van der Waals surface area contributed by atoms with Crippen molar-refractivity contribution in [3.63, 3.8) is 0 Å². The maximum absolute atomic E-state index is 12.1. The topological polar surface area (TPSA) is 46.3 Å². The Morgan fingerprint density at radius 3 is 2.38 bits per heavy atom. The second kappa shape index (κ2) is 7.17. The van der Waals surface area contributed by atoms with Crippen LogP contribution in [0.15, 0.2) is 0 Å². The molecule has 3 nitrogen and oxygen atoms in total. The van der Waals surface area contributed by atoms with Crippen molar-refractivity contribution in [2.24, 2.45) is 17.1 Å². The van der Waals surface area contributed by atoms with Crippen molar-refractivity contribution < 1.29 is 4.79 Å². The van der Waals surface area contributed by atoms with Crippen molar-refractivity contribution in [3.05, 3.63) is 0 Å². The lowest BCUT2D eigenvalue weighted by atomic mass is 9.84. The first kappa shape index (κ1) is 15.8. The molecule has 96 valence electrons. The maximum Gasteiger partial charge on any atom is 0.226 e. The fraction of sp³-hybridized carbons (Fsp3) is 0.917. The van der Waals surface area contributed by atoms with Crippen LogP contribution in [0.1, 0.15) is 27.2 Å². The van der Waals surface area contributed by atoms with Gasteiger partial charge in [-0.1, -0.05) is 20.8 Å². The summed E-state index contributed by atoms with van der Waals surface area (Å²) in [6, 6.07) is 0. The zero-order valence-corrected chi connectivity index (χ0v) is 12.1. The van der Waals surface area contributed by atoms with Crippen LogP contribution in [0, 0.1) is 11.3 Å². The fourth-order valence-electron chi connectivity index (χ4n) is 1.66. The highest BCUT2D eigenvalue weighted by atomic mass is 32.2. The minimum absolute atomic E-state index is 0.0353. The summed E-state index contributed by atoms with van der Waals surface area (Å²) < 4.78 is 0. The zero-order valence-electron chi connectivity index (χ0n) is 11.2. The van der Waals surface area contributed by atoms with Gasteiger partial charge in [-0.25, -0.2) is 0 Å². The van der Waals surface area contributed by atoms with Crippen LogP contribution in [0.4, 0.5) is 0 Å². The Kier molecular flexibility index (Phi) is 7.07. The number of carbonyl (C=O) groups is 1. The first-order valence-corrected chi connectivity index (χ1v) is 7.15. The SMILES string of the molecule is CSCCN(C)C(=O)C(CN)CC(C)(C)C. The molecule has 0 aromatic heterocycles. The predicted molar refractivity (Wildman–Crippen MR) is 72.6 cm³/mol. The van der Waals surface area contributed by atoms with Gasteiger partial charge in [-0.15, -0.1) is 0 Å². The van der Waals surface area contributed by atoms with E-state index in [1.807, 2.05) is 13.3 Å². The predicted octanol–water partition coefficient (Wildman–Crippen LogP) is 1.82. The van der Waals surface area contributed by atoms with Crippen molar-refractivity contribution in [2.45, 2.75) is 27.2 Å². The lowest BCUT2D eigenvalue weighted by Crippen LogP contribution is -2.39. The first-order chi connectivity index (χ1) is 7.31. The third kappa shape index (κ3) is 6.38. The van der Waals surface area contributed by atoms with E-state index in [4.69, 9.17) is 5.73 Å². The van der Waals surface area contributed by atoms with Gasteiger partial charge < -0.3 is 10.6 Å². The molecule has 0 saturated heterocycles. The van der Waals surface area contributed by atoms with Gasteiger partial charge in [0.1, 0.15) is 0 Å². The average molecular weight is 246 g/mol. The van der Waals surface area contributed by atoms with Crippen molar-refractivity contribution >= 4 is 17.7 Å². The van der Waals surface area contributed by atoms with Gasteiger partial charge in [0.15, 0.2) is 0 Å². The van der Waals surface area contributed by atoms with Crippen LogP contribution >= 0.6 is 11.8 Å². The number of nitrogens with zero attached hydrogens (tertiary/aromatic N) is 1. The molecule has 0 rings (SSSR count). The third-order valence-electron chi connectivity index (χ3n) is 2.50. The number of amides is 1.